The van der Waals surface area contributed by atoms with Gasteiger partial charge in [0, 0.05) is 37.4 Å². The van der Waals surface area contributed by atoms with E-state index in [-0.39, 0.29) is 10.5 Å². The number of hydrogen-bond donors (Lipinski definition) is 1. The highest BCUT2D eigenvalue weighted by molar-refractivity contribution is 7.90. The van der Waals surface area contributed by atoms with E-state index in [0.717, 1.165) is 55.9 Å². The van der Waals surface area contributed by atoms with Crippen molar-refractivity contribution in [1.29, 1.82) is 0 Å². The third kappa shape index (κ3) is 5.37. The Balaban J connectivity index is 0.000000291. The van der Waals surface area contributed by atoms with Crippen molar-refractivity contribution in [1.82, 2.24) is 19.3 Å². The van der Waals surface area contributed by atoms with Crippen molar-refractivity contribution >= 4 is 27.1 Å². The molecule has 0 saturated carbocycles. The van der Waals surface area contributed by atoms with Gasteiger partial charge in [-0.3, -0.25) is 9.78 Å². The molecule has 0 spiro atoms. The average Bonchev–Trinajstić information content (AvgIpc) is 3.51. The van der Waals surface area contributed by atoms with Crippen LogP contribution in [0.3, 0.4) is 0 Å². The Bertz CT molecular complexity index is 1370. The van der Waals surface area contributed by atoms with Crippen LogP contribution in [0.25, 0.3) is 5.52 Å². The van der Waals surface area contributed by atoms with E-state index in [1.807, 2.05) is 12.1 Å². The number of pyridine rings is 2. The normalized spacial score (nSPS) is 13.4. The fraction of sp³-hybridized carbons (Fsp3) is 0.174. The molecule has 8 nitrogen and oxygen atoms in total. The smallest absolute Gasteiger partial charge is 0.268 e. The van der Waals surface area contributed by atoms with Crippen LogP contribution < -0.4 is 9.62 Å². The van der Waals surface area contributed by atoms with Gasteiger partial charge in [0.2, 0.25) is 0 Å². The topological polar surface area (TPSA) is 96.7 Å². The summed E-state index contributed by atoms with van der Waals surface area (Å²) >= 11 is 0. The van der Waals surface area contributed by atoms with Gasteiger partial charge in [0.1, 0.15) is 16.5 Å². The largest absolute Gasteiger partial charge is 0.371 e. The van der Waals surface area contributed by atoms with Crippen molar-refractivity contribution in [3.05, 3.63) is 90.5 Å². The summed E-state index contributed by atoms with van der Waals surface area (Å²) in [7, 11) is -3.99. The second kappa shape index (κ2) is 9.96. The van der Waals surface area contributed by atoms with Gasteiger partial charge in [0.05, 0.1) is 17.3 Å². The third-order valence-electron chi connectivity index (χ3n) is 5.20. The summed E-state index contributed by atoms with van der Waals surface area (Å²) in [6, 6.07) is 11.0. The summed E-state index contributed by atoms with van der Waals surface area (Å²) in [6.07, 6.45) is 8.08. The molecular formula is C23H21F2N5O3S. The molecule has 4 heterocycles. The van der Waals surface area contributed by atoms with E-state index in [1.165, 1.54) is 30.7 Å². The van der Waals surface area contributed by atoms with Gasteiger partial charge in [-0.1, -0.05) is 0 Å². The molecule has 1 aromatic carbocycles. The van der Waals surface area contributed by atoms with E-state index in [9.17, 15) is 22.0 Å². The molecule has 3 aromatic heterocycles. The molecule has 1 fully saturated rings. The lowest BCUT2D eigenvalue weighted by molar-refractivity contribution is 0.0983. The number of halogens is 2. The van der Waals surface area contributed by atoms with Crippen LogP contribution in [0.15, 0.2) is 78.2 Å². The van der Waals surface area contributed by atoms with Gasteiger partial charge < -0.3 is 4.90 Å². The molecule has 0 radical (unpaired) electrons. The summed E-state index contributed by atoms with van der Waals surface area (Å²) in [5.41, 5.74) is 1.77. The van der Waals surface area contributed by atoms with Crippen LogP contribution in [-0.2, 0) is 10.0 Å². The van der Waals surface area contributed by atoms with Crippen LogP contribution in [0, 0.1) is 11.6 Å². The van der Waals surface area contributed by atoms with Gasteiger partial charge in [-0.25, -0.2) is 26.4 Å². The molecule has 1 amide bonds. The minimum Gasteiger partial charge on any atom is -0.371 e. The summed E-state index contributed by atoms with van der Waals surface area (Å²) in [6.45, 7) is 1.95. The molecule has 0 aliphatic carbocycles. The first-order valence-corrected chi connectivity index (χ1v) is 11.9. The number of aromatic nitrogens is 3. The Morgan fingerprint density at radius 3 is 2.26 bits per heavy atom. The molecule has 1 aliphatic heterocycles. The molecule has 176 valence electrons. The van der Waals surface area contributed by atoms with E-state index >= 15 is 0 Å². The van der Waals surface area contributed by atoms with Crippen LogP contribution in [0.5, 0.6) is 0 Å². The number of rotatable bonds is 4. The predicted molar refractivity (Wildman–Crippen MR) is 122 cm³/mol. The first kappa shape index (κ1) is 23.3. The lowest BCUT2D eigenvalue weighted by Gasteiger charge is -2.17. The number of fused-ring (bicyclic) bond motifs is 1. The molecule has 4 aromatic rings. The number of anilines is 1. The van der Waals surface area contributed by atoms with Crippen molar-refractivity contribution in [3.8, 4) is 0 Å². The Morgan fingerprint density at radius 1 is 0.971 bits per heavy atom. The Hall–Kier alpha value is -3.86. The van der Waals surface area contributed by atoms with Crippen LogP contribution in [0.1, 0.15) is 23.2 Å². The fourth-order valence-corrected chi connectivity index (χ4v) is 4.42. The summed E-state index contributed by atoms with van der Waals surface area (Å²) in [5, 5.41) is 4.14. The Morgan fingerprint density at radius 2 is 1.65 bits per heavy atom. The monoisotopic (exact) mass is 485 g/mol. The number of sulfonamides is 1. The van der Waals surface area contributed by atoms with Gasteiger partial charge in [-0.15, -0.1) is 0 Å². The zero-order valence-corrected chi connectivity index (χ0v) is 18.8. The molecule has 0 atom stereocenters. The second-order valence-electron chi connectivity index (χ2n) is 7.53. The molecule has 1 aliphatic rings. The van der Waals surface area contributed by atoms with Crippen LogP contribution in [-0.4, -0.2) is 42.0 Å². The highest BCUT2D eigenvalue weighted by atomic mass is 32.2. The summed E-state index contributed by atoms with van der Waals surface area (Å²) < 4.78 is 52.2. The third-order valence-corrected chi connectivity index (χ3v) is 6.51. The fourth-order valence-electron chi connectivity index (χ4n) is 3.49. The minimum absolute atomic E-state index is 0.0671. The summed E-state index contributed by atoms with van der Waals surface area (Å²) in [4.78, 5) is 18.5. The molecule has 34 heavy (non-hydrogen) atoms. The van der Waals surface area contributed by atoms with E-state index in [0.29, 0.717) is 5.52 Å². The molecular weight excluding hydrogens is 464 g/mol. The first-order chi connectivity index (χ1) is 16.3. The Kier molecular flexibility index (Phi) is 6.82. The SMILES string of the molecule is Fc1ccc(F)cc1.O=C(NS(=O)(=O)c1cccnc1)c1cnn2ccc(N3CCCC3)cc12. The zero-order chi connectivity index (χ0) is 24.1. The molecule has 11 heteroatoms. The van der Waals surface area contributed by atoms with Crippen molar-refractivity contribution < 1.29 is 22.0 Å². The number of nitrogens with zero attached hydrogens (tertiary/aromatic N) is 4. The highest BCUT2D eigenvalue weighted by Gasteiger charge is 2.22. The molecule has 1 N–H and O–H groups in total. The molecule has 1 saturated heterocycles. The lowest BCUT2D eigenvalue weighted by atomic mass is 10.2. The highest BCUT2D eigenvalue weighted by Crippen LogP contribution is 2.23. The van der Waals surface area contributed by atoms with Gasteiger partial charge >= 0.3 is 0 Å². The number of carbonyl (C=O) groups excluding carboxylic acids is 1. The van der Waals surface area contributed by atoms with Crippen molar-refractivity contribution in [2.24, 2.45) is 0 Å². The van der Waals surface area contributed by atoms with Gasteiger partial charge in [-0.05, 0) is 61.4 Å². The van der Waals surface area contributed by atoms with E-state index in [4.69, 9.17) is 0 Å². The first-order valence-electron chi connectivity index (χ1n) is 10.4. The number of benzene rings is 1. The zero-order valence-electron chi connectivity index (χ0n) is 17.9. The molecule has 5 rings (SSSR count). The molecule has 0 bridgehead atoms. The van der Waals surface area contributed by atoms with E-state index < -0.39 is 27.6 Å². The maximum atomic E-state index is 12.6. The number of carbonyl (C=O) groups is 1. The summed E-state index contributed by atoms with van der Waals surface area (Å²) in [5.74, 6) is -1.54. The van der Waals surface area contributed by atoms with Crippen LogP contribution >= 0.6 is 0 Å². The van der Waals surface area contributed by atoms with Crippen molar-refractivity contribution in [2.75, 3.05) is 18.0 Å². The quantitative estimate of drug-likeness (QED) is 0.476. The number of nitrogens with one attached hydrogen (secondary N) is 1. The predicted octanol–water partition coefficient (Wildman–Crippen LogP) is 3.41. The van der Waals surface area contributed by atoms with E-state index in [1.54, 1.807) is 10.7 Å². The van der Waals surface area contributed by atoms with E-state index in [2.05, 4.69) is 19.7 Å². The van der Waals surface area contributed by atoms with Crippen molar-refractivity contribution in [3.63, 3.8) is 0 Å². The maximum absolute atomic E-state index is 12.6. The minimum atomic E-state index is -3.99. The number of hydrogen-bond acceptors (Lipinski definition) is 6. The average molecular weight is 486 g/mol. The van der Waals surface area contributed by atoms with Crippen LogP contribution in [0.2, 0.25) is 0 Å². The second-order valence-corrected chi connectivity index (χ2v) is 9.21. The molecule has 0 unspecified atom stereocenters. The lowest BCUT2D eigenvalue weighted by Crippen LogP contribution is -2.30. The maximum Gasteiger partial charge on any atom is 0.268 e. The van der Waals surface area contributed by atoms with Gasteiger partial charge in [0.15, 0.2) is 0 Å². The van der Waals surface area contributed by atoms with Gasteiger partial charge in [0.25, 0.3) is 15.9 Å². The standard InChI is InChI=1S/C17H17N5O3S.C6H4F2/c23-17(20-26(24,25)14-4-3-6-18-11-14)15-12-19-22-9-5-13(10-16(15)22)21-7-1-2-8-21;7-5-1-2-6(8)4-3-5/h3-6,9-12H,1-2,7-8H2,(H,20,23);1-4H. The number of amides is 1. The van der Waals surface area contributed by atoms with Crippen molar-refractivity contribution in [2.45, 2.75) is 17.7 Å². The Labute approximate surface area is 194 Å². The van der Waals surface area contributed by atoms with Gasteiger partial charge in [-0.2, -0.15) is 5.10 Å². The van der Waals surface area contributed by atoms with Crippen LogP contribution in [0.4, 0.5) is 14.5 Å².